The largest absolute Gasteiger partial charge is 0.475 e. The maximum atomic E-state index is 12.9. The molecule has 3 rings (SSSR count). The Kier molecular flexibility index (Phi) is 5.45. The fourth-order valence-corrected chi connectivity index (χ4v) is 2.56. The summed E-state index contributed by atoms with van der Waals surface area (Å²) in [6.45, 7) is -0.0494. The SMILES string of the molecule is N#Cc1cc(NCCOc2ncccc2C(F)(F)F)nc2ccc([N+](=O)[O-])cc12. The van der Waals surface area contributed by atoms with Crippen LogP contribution in [0.4, 0.5) is 24.7 Å². The number of benzene rings is 1. The minimum absolute atomic E-state index is 0.0875. The predicted molar refractivity (Wildman–Crippen MR) is 96.3 cm³/mol. The summed E-state index contributed by atoms with van der Waals surface area (Å²) in [6, 6.07) is 9.33. The van der Waals surface area contributed by atoms with Crippen LogP contribution >= 0.6 is 0 Å². The third-order valence-corrected chi connectivity index (χ3v) is 3.85. The van der Waals surface area contributed by atoms with E-state index in [4.69, 9.17) is 4.74 Å². The number of ether oxygens (including phenoxy) is 1. The average Bonchev–Trinajstić information content (AvgIpc) is 2.69. The molecule has 0 bridgehead atoms. The monoisotopic (exact) mass is 403 g/mol. The summed E-state index contributed by atoms with van der Waals surface area (Å²) in [4.78, 5) is 18.2. The van der Waals surface area contributed by atoms with Gasteiger partial charge in [-0.05, 0) is 24.3 Å². The van der Waals surface area contributed by atoms with Crippen molar-refractivity contribution < 1.29 is 22.8 Å². The molecule has 148 valence electrons. The molecule has 0 aliphatic heterocycles. The van der Waals surface area contributed by atoms with Crippen LogP contribution in [-0.2, 0) is 6.18 Å². The molecule has 0 amide bonds. The molecule has 8 nitrogen and oxygen atoms in total. The first-order valence-electron chi connectivity index (χ1n) is 8.18. The molecule has 0 spiro atoms. The quantitative estimate of drug-likeness (QED) is 0.377. The van der Waals surface area contributed by atoms with E-state index in [-0.39, 0.29) is 30.2 Å². The van der Waals surface area contributed by atoms with Crippen molar-refractivity contribution in [1.82, 2.24) is 9.97 Å². The lowest BCUT2D eigenvalue weighted by molar-refractivity contribution is -0.384. The number of rotatable bonds is 6. The van der Waals surface area contributed by atoms with Gasteiger partial charge in [-0.2, -0.15) is 18.4 Å². The third-order valence-electron chi connectivity index (χ3n) is 3.85. The van der Waals surface area contributed by atoms with Crippen LogP contribution in [0.25, 0.3) is 10.9 Å². The van der Waals surface area contributed by atoms with Gasteiger partial charge >= 0.3 is 6.18 Å². The highest BCUT2D eigenvalue weighted by molar-refractivity contribution is 5.88. The average molecular weight is 403 g/mol. The minimum Gasteiger partial charge on any atom is -0.475 e. The van der Waals surface area contributed by atoms with E-state index < -0.39 is 22.5 Å². The maximum absolute atomic E-state index is 12.9. The number of alkyl halides is 3. The number of aromatic nitrogens is 2. The summed E-state index contributed by atoms with van der Waals surface area (Å²) < 4.78 is 43.9. The fraction of sp³-hybridized carbons (Fsp3) is 0.167. The number of nitro groups is 1. The first-order valence-corrected chi connectivity index (χ1v) is 8.18. The molecule has 11 heteroatoms. The molecular weight excluding hydrogens is 391 g/mol. The minimum atomic E-state index is -4.58. The van der Waals surface area contributed by atoms with Crippen LogP contribution in [0.1, 0.15) is 11.1 Å². The third kappa shape index (κ3) is 4.49. The number of pyridine rings is 2. The van der Waals surface area contributed by atoms with E-state index in [2.05, 4.69) is 15.3 Å². The smallest absolute Gasteiger partial charge is 0.421 e. The van der Waals surface area contributed by atoms with E-state index in [9.17, 15) is 28.5 Å². The maximum Gasteiger partial charge on any atom is 0.421 e. The Morgan fingerprint density at radius 3 is 2.76 bits per heavy atom. The Labute approximate surface area is 161 Å². The number of anilines is 1. The molecule has 2 aromatic heterocycles. The highest BCUT2D eigenvalue weighted by Gasteiger charge is 2.34. The van der Waals surface area contributed by atoms with Gasteiger partial charge in [-0.25, -0.2) is 9.97 Å². The fourth-order valence-electron chi connectivity index (χ4n) is 2.56. The van der Waals surface area contributed by atoms with Gasteiger partial charge in [0.15, 0.2) is 0 Å². The summed E-state index contributed by atoms with van der Waals surface area (Å²) in [7, 11) is 0. The van der Waals surface area contributed by atoms with Crippen molar-refractivity contribution in [2.45, 2.75) is 6.18 Å². The number of hydrogen-bond donors (Lipinski definition) is 1. The number of nitrogens with zero attached hydrogens (tertiary/aromatic N) is 4. The first-order chi connectivity index (χ1) is 13.8. The van der Waals surface area contributed by atoms with Crippen molar-refractivity contribution in [3.05, 3.63) is 63.8 Å². The van der Waals surface area contributed by atoms with Gasteiger partial charge in [0.05, 0.1) is 28.6 Å². The summed E-state index contributed by atoms with van der Waals surface area (Å²) >= 11 is 0. The second-order valence-corrected chi connectivity index (χ2v) is 5.75. The lowest BCUT2D eigenvalue weighted by Crippen LogP contribution is -2.16. The number of nitro benzene ring substituents is 1. The van der Waals surface area contributed by atoms with Gasteiger partial charge in [-0.3, -0.25) is 10.1 Å². The van der Waals surface area contributed by atoms with Crippen LogP contribution in [0.2, 0.25) is 0 Å². The van der Waals surface area contributed by atoms with Crippen molar-refractivity contribution in [3.8, 4) is 11.9 Å². The summed E-state index contributed by atoms with van der Waals surface area (Å²) in [5.74, 6) is -0.248. The lowest BCUT2D eigenvalue weighted by atomic mass is 10.1. The Hall–Kier alpha value is -3.94. The normalized spacial score (nSPS) is 11.1. The molecule has 1 N–H and O–H groups in total. The van der Waals surface area contributed by atoms with Crippen molar-refractivity contribution in [1.29, 1.82) is 5.26 Å². The van der Waals surface area contributed by atoms with Gasteiger partial charge in [0.25, 0.3) is 5.69 Å². The molecule has 0 aliphatic carbocycles. The molecule has 0 fully saturated rings. The van der Waals surface area contributed by atoms with Gasteiger partial charge in [0, 0.05) is 23.7 Å². The Balaban J connectivity index is 1.71. The Morgan fingerprint density at radius 2 is 2.07 bits per heavy atom. The number of nitriles is 1. The molecule has 0 saturated heterocycles. The molecule has 0 atom stereocenters. The summed E-state index contributed by atoms with van der Waals surface area (Å²) in [5, 5.41) is 23.4. The van der Waals surface area contributed by atoms with Crippen LogP contribution in [0.15, 0.2) is 42.6 Å². The van der Waals surface area contributed by atoms with Crippen LogP contribution in [0.3, 0.4) is 0 Å². The Bertz CT molecular complexity index is 1110. The zero-order valence-corrected chi connectivity index (χ0v) is 14.6. The molecule has 3 aromatic rings. The standard InChI is InChI=1S/C18H12F3N5O3/c19-18(20,21)14-2-1-5-24-17(14)29-7-6-23-16-8-11(10-22)13-9-12(26(27)28)3-4-15(13)25-16/h1-5,8-9H,6-7H2,(H,23,25). The number of fused-ring (bicyclic) bond motifs is 1. The van der Waals surface area contributed by atoms with Crippen LogP contribution in [0.5, 0.6) is 5.88 Å². The van der Waals surface area contributed by atoms with E-state index in [0.717, 1.165) is 6.07 Å². The van der Waals surface area contributed by atoms with Gasteiger partial charge in [-0.1, -0.05) is 0 Å². The van der Waals surface area contributed by atoms with Gasteiger partial charge < -0.3 is 10.1 Å². The number of hydrogen-bond acceptors (Lipinski definition) is 7. The van der Waals surface area contributed by atoms with Gasteiger partial charge in [0.1, 0.15) is 18.0 Å². The molecule has 1 aromatic carbocycles. The molecule has 2 heterocycles. The number of non-ortho nitro benzene ring substituents is 1. The van der Waals surface area contributed by atoms with Gasteiger partial charge in [0.2, 0.25) is 5.88 Å². The van der Waals surface area contributed by atoms with E-state index in [1.54, 1.807) is 0 Å². The van der Waals surface area contributed by atoms with Crippen molar-refractivity contribution >= 4 is 22.4 Å². The van der Waals surface area contributed by atoms with E-state index in [1.165, 1.54) is 36.5 Å². The van der Waals surface area contributed by atoms with Crippen molar-refractivity contribution in [2.24, 2.45) is 0 Å². The number of halogens is 3. The van der Waals surface area contributed by atoms with Crippen LogP contribution in [0, 0.1) is 21.4 Å². The van der Waals surface area contributed by atoms with E-state index >= 15 is 0 Å². The van der Waals surface area contributed by atoms with Crippen molar-refractivity contribution in [2.75, 3.05) is 18.5 Å². The first kappa shape index (κ1) is 19.8. The summed E-state index contributed by atoms with van der Waals surface area (Å²) in [5.41, 5.74) is -0.605. The van der Waals surface area contributed by atoms with Crippen LogP contribution in [-0.4, -0.2) is 28.0 Å². The molecule has 29 heavy (non-hydrogen) atoms. The topological polar surface area (TPSA) is 114 Å². The molecule has 0 radical (unpaired) electrons. The van der Waals surface area contributed by atoms with E-state index in [1.807, 2.05) is 6.07 Å². The van der Waals surface area contributed by atoms with Gasteiger partial charge in [-0.15, -0.1) is 0 Å². The molecular formula is C18H12F3N5O3. The summed E-state index contributed by atoms with van der Waals surface area (Å²) in [6.07, 6.45) is -3.39. The second kappa shape index (κ2) is 7.97. The lowest BCUT2D eigenvalue weighted by Gasteiger charge is -2.13. The van der Waals surface area contributed by atoms with Crippen molar-refractivity contribution in [3.63, 3.8) is 0 Å². The number of nitrogens with one attached hydrogen (secondary N) is 1. The Morgan fingerprint density at radius 1 is 1.28 bits per heavy atom. The highest BCUT2D eigenvalue weighted by atomic mass is 19.4. The van der Waals surface area contributed by atoms with E-state index in [0.29, 0.717) is 10.9 Å². The molecule has 0 unspecified atom stereocenters. The van der Waals surface area contributed by atoms with Crippen LogP contribution < -0.4 is 10.1 Å². The highest BCUT2D eigenvalue weighted by Crippen LogP contribution is 2.34. The zero-order chi connectivity index (χ0) is 21.0. The zero-order valence-electron chi connectivity index (χ0n) is 14.6. The molecule has 0 saturated carbocycles. The second-order valence-electron chi connectivity index (χ2n) is 5.75. The predicted octanol–water partition coefficient (Wildman–Crippen LogP) is 3.92. The molecule has 0 aliphatic rings.